The van der Waals surface area contributed by atoms with Gasteiger partial charge in [-0.15, -0.1) is 0 Å². The summed E-state index contributed by atoms with van der Waals surface area (Å²) in [5.74, 6) is -0.600. The Hall–Kier alpha value is -2.37. The van der Waals surface area contributed by atoms with Crippen LogP contribution in [0.15, 0.2) is 24.3 Å². The topological polar surface area (TPSA) is 78.5 Å². The highest BCUT2D eigenvalue weighted by Crippen LogP contribution is 2.25. The second kappa shape index (κ2) is 7.68. The average molecular weight is 345 g/mol. The average Bonchev–Trinajstić information content (AvgIpc) is 2.93. The van der Waals surface area contributed by atoms with Crippen molar-refractivity contribution < 1.29 is 14.4 Å². The van der Waals surface area contributed by atoms with Gasteiger partial charge in [-0.25, -0.2) is 0 Å². The van der Waals surface area contributed by atoms with Gasteiger partial charge in [0.15, 0.2) is 0 Å². The Morgan fingerprint density at radius 2 is 1.88 bits per heavy atom. The monoisotopic (exact) mass is 345 g/mol. The fraction of sp³-hybridized carbons (Fsp3) is 0.526. The molecule has 1 heterocycles. The molecule has 0 saturated carbocycles. The number of nitrogens with one attached hydrogen (secondary N) is 2. The van der Waals surface area contributed by atoms with Crippen LogP contribution in [0.3, 0.4) is 0 Å². The summed E-state index contributed by atoms with van der Waals surface area (Å²) in [5.41, 5.74) is 1.36. The SMILES string of the molecule is Cc1cccc(C(=O)NCCNC(=O)C2CC(=O)N(C(C)(C)C)C2)c1. The van der Waals surface area contributed by atoms with Crippen LogP contribution < -0.4 is 10.6 Å². The Balaban J connectivity index is 1.74. The maximum atomic E-state index is 12.2. The Labute approximate surface area is 149 Å². The molecule has 0 radical (unpaired) electrons. The van der Waals surface area contributed by atoms with Crippen molar-refractivity contribution in [3.05, 3.63) is 35.4 Å². The predicted molar refractivity (Wildman–Crippen MR) is 96.1 cm³/mol. The molecular formula is C19H27N3O3. The molecule has 1 aromatic rings. The quantitative estimate of drug-likeness (QED) is 0.794. The minimum absolute atomic E-state index is 0.0143. The molecule has 1 aliphatic heterocycles. The molecule has 0 bridgehead atoms. The van der Waals surface area contributed by atoms with Crippen LogP contribution in [0.4, 0.5) is 0 Å². The maximum Gasteiger partial charge on any atom is 0.251 e. The van der Waals surface area contributed by atoms with E-state index in [1.165, 1.54) is 0 Å². The number of carbonyl (C=O) groups excluding carboxylic acids is 3. The van der Waals surface area contributed by atoms with E-state index in [4.69, 9.17) is 0 Å². The van der Waals surface area contributed by atoms with Crippen molar-refractivity contribution in [1.29, 1.82) is 0 Å². The third kappa shape index (κ3) is 5.05. The van der Waals surface area contributed by atoms with Crippen molar-refractivity contribution in [2.75, 3.05) is 19.6 Å². The van der Waals surface area contributed by atoms with E-state index in [1.54, 1.807) is 11.0 Å². The summed E-state index contributed by atoms with van der Waals surface area (Å²) in [7, 11) is 0. The van der Waals surface area contributed by atoms with Crippen molar-refractivity contribution in [3.8, 4) is 0 Å². The molecule has 1 fully saturated rings. The lowest BCUT2D eigenvalue weighted by molar-refractivity contribution is -0.132. The fourth-order valence-corrected chi connectivity index (χ4v) is 2.93. The van der Waals surface area contributed by atoms with Gasteiger partial charge in [-0.05, 0) is 39.8 Å². The summed E-state index contributed by atoms with van der Waals surface area (Å²) in [4.78, 5) is 38.0. The minimum atomic E-state index is -0.320. The summed E-state index contributed by atoms with van der Waals surface area (Å²) in [6.45, 7) is 8.97. The van der Waals surface area contributed by atoms with E-state index in [0.29, 0.717) is 25.2 Å². The largest absolute Gasteiger partial charge is 0.354 e. The molecule has 6 heteroatoms. The van der Waals surface area contributed by atoms with Crippen LogP contribution in [0.5, 0.6) is 0 Å². The van der Waals surface area contributed by atoms with E-state index < -0.39 is 0 Å². The highest BCUT2D eigenvalue weighted by Gasteiger charge is 2.39. The molecule has 6 nitrogen and oxygen atoms in total. The third-order valence-corrected chi connectivity index (χ3v) is 4.30. The Morgan fingerprint density at radius 1 is 1.20 bits per heavy atom. The molecule has 25 heavy (non-hydrogen) atoms. The van der Waals surface area contributed by atoms with Crippen molar-refractivity contribution >= 4 is 17.7 Å². The Morgan fingerprint density at radius 3 is 2.48 bits per heavy atom. The van der Waals surface area contributed by atoms with Gasteiger partial charge in [-0.2, -0.15) is 0 Å². The highest BCUT2D eigenvalue weighted by atomic mass is 16.2. The summed E-state index contributed by atoms with van der Waals surface area (Å²) in [6.07, 6.45) is 0.249. The molecular weight excluding hydrogens is 318 g/mol. The highest BCUT2D eigenvalue weighted by molar-refractivity contribution is 5.94. The summed E-state index contributed by atoms with van der Waals surface area (Å²) >= 11 is 0. The fourth-order valence-electron chi connectivity index (χ4n) is 2.93. The lowest BCUT2D eigenvalue weighted by atomic mass is 10.1. The zero-order chi connectivity index (χ0) is 18.6. The zero-order valence-electron chi connectivity index (χ0n) is 15.4. The molecule has 1 unspecified atom stereocenters. The van der Waals surface area contributed by atoms with Crippen molar-refractivity contribution in [2.24, 2.45) is 5.92 Å². The molecule has 1 saturated heterocycles. The van der Waals surface area contributed by atoms with Gasteiger partial charge in [0, 0.05) is 37.2 Å². The lowest BCUT2D eigenvalue weighted by Gasteiger charge is -2.31. The molecule has 2 N–H and O–H groups in total. The van der Waals surface area contributed by atoms with E-state index >= 15 is 0 Å². The van der Waals surface area contributed by atoms with Gasteiger partial charge in [0.2, 0.25) is 11.8 Å². The maximum absolute atomic E-state index is 12.2. The second-order valence-corrected chi connectivity index (χ2v) is 7.49. The number of hydrogen-bond donors (Lipinski definition) is 2. The first-order valence-electron chi connectivity index (χ1n) is 8.61. The van der Waals surface area contributed by atoms with E-state index in [0.717, 1.165) is 5.56 Å². The first-order chi connectivity index (χ1) is 11.7. The van der Waals surface area contributed by atoms with Crippen LogP contribution >= 0.6 is 0 Å². The first kappa shape index (κ1) is 19.0. The molecule has 1 aromatic carbocycles. The zero-order valence-corrected chi connectivity index (χ0v) is 15.4. The van der Waals surface area contributed by atoms with E-state index in [-0.39, 0.29) is 35.6 Å². The molecule has 0 spiro atoms. The summed E-state index contributed by atoms with van der Waals surface area (Å²) in [6, 6.07) is 7.34. The van der Waals surface area contributed by atoms with Gasteiger partial charge in [-0.3, -0.25) is 14.4 Å². The minimum Gasteiger partial charge on any atom is -0.354 e. The molecule has 136 valence electrons. The van der Waals surface area contributed by atoms with Gasteiger partial charge in [0.25, 0.3) is 5.91 Å². The Bertz CT molecular complexity index is 664. The molecule has 0 aliphatic carbocycles. The molecule has 2 rings (SSSR count). The van der Waals surface area contributed by atoms with Gasteiger partial charge in [0.05, 0.1) is 5.92 Å². The molecule has 1 atom stereocenters. The summed E-state index contributed by atoms with van der Waals surface area (Å²) in [5, 5.41) is 5.59. The number of nitrogens with zero attached hydrogens (tertiary/aromatic N) is 1. The molecule has 1 aliphatic rings. The van der Waals surface area contributed by atoms with Gasteiger partial charge < -0.3 is 15.5 Å². The van der Waals surface area contributed by atoms with Gasteiger partial charge in [0.1, 0.15) is 0 Å². The van der Waals surface area contributed by atoms with E-state index in [9.17, 15) is 14.4 Å². The molecule has 0 aromatic heterocycles. The number of likely N-dealkylation sites (tertiary alicyclic amines) is 1. The predicted octanol–water partition coefficient (Wildman–Crippen LogP) is 1.49. The first-order valence-corrected chi connectivity index (χ1v) is 8.61. The van der Waals surface area contributed by atoms with Crippen LogP contribution in [0, 0.1) is 12.8 Å². The number of amides is 3. The number of aryl methyl sites for hydroxylation is 1. The number of carbonyl (C=O) groups is 3. The van der Waals surface area contributed by atoms with Gasteiger partial charge >= 0.3 is 0 Å². The standard InChI is InChI=1S/C19H27N3O3/c1-13-6-5-7-14(10-13)17(24)20-8-9-21-18(25)15-11-16(23)22(12-15)19(2,3)4/h5-7,10,15H,8-9,11-12H2,1-4H3,(H,20,24)(H,21,25). The molecule has 3 amide bonds. The van der Waals surface area contributed by atoms with Crippen molar-refractivity contribution in [3.63, 3.8) is 0 Å². The van der Waals surface area contributed by atoms with Crippen LogP contribution in [-0.4, -0.2) is 47.8 Å². The van der Waals surface area contributed by atoms with Crippen LogP contribution in [0.25, 0.3) is 0 Å². The number of hydrogen-bond acceptors (Lipinski definition) is 3. The van der Waals surface area contributed by atoms with E-state index in [2.05, 4.69) is 10.6 Å². The van der Waals surface area contributed by atoms with Gasteiger partial charge in [-0.1, -0.05) is 17.7 Å². The van der Waals surface area contributed by atoms with Crippen molar-refractivity contribution in [1.82, 2.24) is 15.5 Å². The van der Waals surface area contributed by atoms with Crippen LogP contribution in [0.1, 0.15) is 43.1 Å². The Kier molecular flexibility index (Phi) is 5.82. The van der Waals surface area contributed by atoms with Crippen LogP contribution in [0.2, 0.25) is 0 Å². The third-order valence-electron chi connectivity index (χ3n) is 4.30. The van der Waals surface area contributed by atoms with Crippen molar-refractivity contribution in [2.45, 2.75) is 39.7 Å². The second-order valence-electron chi connectivity index (χ2n) is 7.49. The normalized spacial score (nSPS) is 17.5. The lowest BCUT2D eigenvalue weighted by Crippen LogP contribution is -2.43. The smallest absolute Gasteiger partial charge is 0.251 e. The number of benzene rings is 1. The number of rotatable bonds is 5. The van der Waals surface area contributed by atoms with E-state index in [1.807, 2.05) is 45.9 Å². The summed E-state index contributed by atoms with van der Waals surface area (Å²) < 4.78 is 0. The van der Waals surface area contributed by atoms with Crippen LogP contribution in [-0.2, 0) is 9.59 Å².